The predicted molar refractivity (Wildman–Crippen MR) is 84.2 cm³/mol. The molecule has 2 rings (SSSR count). The molecule has 1 aliphatic carbocycles. The fraction of sp³-hybridized carbons (Fsp3) is 0.688. The van der Waals surface area contributed by atoms with Crippen molar-refractivity contribution >= 4 is 6.09 Å². The Morgan fingerprint density at radius 1 is 1.27 bits per heavy atom. The SMILES string of the molecule is CC(C)(C)OC(=O)NCC(C)(NCc1cncnc1)C1CC1. The average Bonchev–Trinajstić information content (AvgIpc) is 3.27. The second kappa shape index (κ2) is 6.60. The maximum Gasteiger partial charge on any atom is 0.407 e. The van der Waals surface area contributed by atoms with Crippen LogP contribution < -0.4 is 10.6 Å². The summed E-state index contributed by atoms with van der Waals surface area (Å²) in [4.78, 5) is 19.9. The van der Waals surface area contributed by atoms with Crippen LogP contribution in [0, 0.1) is 5.92 Å². The fourth-order valence-electron chi connectivity index (χ4n) is 2.37. The molecule has 1 heterocycles. The van der Waals surface area contributed by atoms with Crippen LogP contribution in [-0.2, 0) is 11.3 Å². The number of hydrogen-bond donors (Lipinski definition) is 2. The number of carbonyl (C=O) groups is 1. The molecule has 1 aliphatic rings. The van der Waals surface area contributed by atoms with Crippen molar-refractivity contribution in [2.45, 2.75) is 58.2 Å². The van der Waals surface area contributed by atoms with Crippen molar-refractivity contribution in [3.63, 3.8) is 0 Å². The molecule has 1 aromatic heterocycles. The van der Waals surface area contributed by atoms with E-state index in [9.17, 15) is 4.79 Å². The number of carbonyl (C=O) groups excluding carboxylic acids is 1. The van der Waals surface area contributed by atoms with Crippen LogP contribution in [0.25, 0.3) is 0 Å². The molecule has 1 amide bonds. The zero-order chi connectivity index (χ0) is 16.2. The van der Waals surface area contributed by atoms with Gasteiger partial charge in [-0.3, -0.25) is 0 Å². The predicted octanol–water partition coefficient (Wildman–Crippen LogP) is 2.26. The maximum atomic E-state index is 11.8. The second-order valence-electron chi connectivity index (χ2n) is 7.15. The fourth-order valence-corrected chi connectivity index (χ4v) is 2.37. The Balaban J connectivity index is 1.87. The summed E-state index contributed by atoms with van der Waals surface area (Å²) >= 11 is 0. The highest BCUT2D eigenvalue weighted by Gasteiger charge is 2.41. The van der Waals surface area contributed by atoms with Crippen LogP contribution in [-0.4, -0.2) is 33.7 Å². The number of amides is 1. The van der Waals surface area contributed by atoms with Crippen LogP contribution in [0.15, 0.2) is 18.7 Å². The summed E-state index contributed by atoms with van der Waals surface area (Å²) in [6, 6.07) is 0. The Labute approximate surface area is 132 Å². The summed E-state index contributed by atoms with van der Waals surface area (Å²) in [6.07, 6.45) is 7.12. The number of hydrogen-bond acceptors (Lipinski definition) is 5. The molecule has 2 N–H and O–H groups in total. The highest BCUT2D eigenvalue weighted by atomic mass is 16.6. The van der Waals surface area contributed by atoms with Gasteiger partial charge in [-0.1, -0.05) is 0 Å². The first kappa shape index (κ1) is 16.7. The molecule has 0 radical (unpaired) electrons. The van der Waals surface area contributed by atoms with Crippen molar-refractivity contribution in [2.24, 2.45) is 5.92 Å². The Morgan fingerprint density at radius 3 is 2.45 bits per heavy atom. The van der Waals surface area contributed by atoms with Crippen molar-refractivity contribution in [1.82, 2.24) is 20.6 Å². The molecule has 0 aromatic carbocycles. The first-order valence-corrected chi connectivity index (χ1v) is 7.74. The van der Waals surface area contributed by atoms with E-state index < -0.39 is 5.60 Å². The number of nitrogens with zero attached hydrogens (tertiary/aromatic N) is 2. The van der Waals surface area contributed by atoms with E-state index in [0.29, 0.717) is 19.0 Å². The quantitative estimate of drug-likeness (QED) is 0.843. The lowest BCUT2D eigenvalue weighted by atomic mass is 9.95. The third-order valence-corrected chi connectivity index (χ3v) is 3.79. The van der Waals surface area contributed by atoms with Gasteiger partial charge in [-0.15, -0.1) is 0 Å². The Hall–Kier alpha value is -1.69. The largest absolute Gasteiger partial charge is 0.444 e. The first-order chi connectivity index (χ1) is 10.3. The van der Waals surface area contributed by atoms with E-state index in [-0.39, 0.29) is 11.6 Å². The van der Waals surface area contributed by atoms with E-state index in [2.05, 4.69) is 27.5 Å². The van der Waals surface area contributed by atoms with Gasteiger partial charge in [-0.05, 0) is 46.5 Å². The zero-order valence-corrected chi connectivity index (χ0v) is 13.8. The summed E-state index contributed by atoms with van der Waals surface area (Å²) in [5.41, 5.74) is 0.411. The molecule has 1 saturated carbocycles. The molecule has 0 spiro atoms. The van der Waals surface area contributed by atoms with Crippen molar-refractivity contribution in [3.05, 3.63) is 24.3 Å². The van der Waals surface area contributed by atoms with Gasteiger partial charge in [0.2, 0.25) is 0 Å². The van der Waals surface area contributed by atoms with Crippen LogP contribution in [0.2, 0.25) is 0 Å². The minimum absolute atomic E-state index is 0.146. The number of nitrogens with one attached hydrogen (secondary N) is 2. The number of alkyl carbamates (subject to hydrolysis) is 1. The van der Waals surface area contributed by atoms with Gasteiger partial charge < -0.3 is 15.4 Å². The smallest absolute Gasteiger partial charge is 0.407 e. The topological polar surface area (TPSA) is 76.1 Å². The van der Waals surface area contributed by atoms with Crippen molar-refractivity contribution in [3.8, 4) is 0 Å². The summed E-state index contributed by atoms with van der Waals surface area (Å²) in [6.45, 7) is 8.96. The molecule has 6 nitrogen and oxygen atoms in total. The summed E-state index contributed by atoms with van der Waals surface area (Å²) in [5, 5.41) is 6.42. The molecule has 22 heavy (non-hydrogen) atoms. The summed E-state index contributed by atoms with van der Waals surface area (Å²) in [7, 11) is 0. The Bertz CT molecular complexity index is 497. The van der Waals surface area contributed by atoms with Gasteiger partial charge in [0.1, 0.15) is 11.9 Å². The minimum atomic E-state index is -0.477. The number of ether oxygens (including phenoxy) is 1. The Kier molecular flexibility index (Phi) is 5.01. The van der Waals surface area contributed by atoms with Gasteiger partial charge in [0, 0.05) is 36.6 Å². The van der Waals surface area contributed by atoms with Crippen molar-refractivity contribution < 1.29 is 9.53 Å². The lowest BCUT2D eigenvalue weighted by molar-refractivity contribution is 0.0507. The van der Waals surface area contributed by atoms with E-state index in [4.69, 9.17) is 4.74 Å². The van der Waals surface area contributed by atoms with Crippen LogP contribution in [0.3, 0.4) is 0 Å². The van der Waals surface area contributed by atoms with Crippen molar-refractivity contribution in [2.75, 3.05) is 6.54 Å². The molecule has 1 atom stereocenters. The monoisotopic (exact) mass is 306 g/mol. The highest BCUT2D eigenvalue weighted by Crippen LogP contribution is 2.39. The molecular formula is C16H26N4O2. The molecule has 122 valence electrons. The van der Waals surface area contributed by atoms with E-state index >= 15 is 0 Å². The van der Waals surface area contributed by atoms with Gasteiger partial charge in [0.15, 0.2) is 0 Å². The third kappa shape index (κ3) is 5.26. The van der Waals surface area contributed by atoms with E-state index in [1.54, 1.807) is 12.4 Å². The van der Waals surface area contributed by atoms with Crippen LogP contribution in [0.5, 0.6) is 0 Å². The molecular weight excluding hydrogens is 280 g/mol. The van der Waals surface area contributed by atoms with Gasteiger partial charge in [0.05, 0.1) is 0 Å². The molecule has 0 bridgehead atoms. The van der Waals surface area contributed by atoms with Crippen LogP contribution in [0.1, 0.15) is 46.1 Å². The van der Waals surface area contributed by atoms with Gasteiger partial charge in [-0.25, -0.2) is 14.8 Å². The normalized spacial score (nSPS) is 17.6. The standard InChI is InChI=1S/C16H26N4O2/c1-15(2,3)22-14(21)19-10-16(4,13-5-6-13)20-9-12-7-17-11-18-8-12/h7-8,11,13,20H,5-6,9-10H2,1-4H3,(H,19,21). The number of rotatable bonds is 6. The molecule has 1 unspecified atom stereocenters. The second-order valence-corrected chi connectivity index (χ2v) is 7.15. The third-order valence-electron chi connectivity index (χ3n) is 3.79. The molecule has 6 heteroatoms. The van der Waals surface area contributed by atoms with Crippen LogP contribution in [0.4, 0.5) is 4.79 Å². The van der Waals surface area contributed by atoms with Gasteiger partial charge in [0.25, 0.3) is 0 Å². The average molecular weight is 306 g/mol. The minimum Gasteiger partial charge on any atom is -0.444 e. The van der Waals surface area contributed by atoms with Crippen molar-refractivity contribution in [1.29, 1.82) is 0 Å². The lowest BCUT2D eigenvalue weighted by Gasteiger charge is -2.32. The highest BCUT2D eigenvalue weighted by molar-refractivity contribution is 5.67. The maximum absolute atomic E-state index is 11.8. The lowest BCUT2D eigenvalue weighted by Crippen LogP contribution is -2.53. The molecule has 1 fully saturated rings. The van der Waals surface area contributed by atoms with E-state index in [1.807, 2.05) is 20.8 Å². The van der Waals surface area contributed by atoms with E-state index in [1.165, 1.54) is 19.2 Å². The molecule has 0 aliphatic heterocycles. The molecule has 1 aromatic rings. The molecule has 0 saturated heterocycles. The van der Waals surface area contributed by atoms with Crippen LogP contribution >= 0.6 is 0 Å². The first-order valence-electron chi connectivity index (χ1n) is 7.74. The zero-order valence-electron chi connectivity index (χ0n) is 13.8. The van der Waals surface area contributed by atoms with E-state index in [0.717, 1.165) is 5.56 Å². The Morgan fingerprint density at radius 2 is 1.91 bits per heavy atom. The number of aromatic nitrogens is 2. The van der Waals surface area contributed by atoms with Gasteiger partial charge >= 0.3 is 6.09 Å². The van der Waals surface area contributed by atoms with Gasteiger partial charge in [-0.2, -0.15) is 0 Å². The summed E-state index contributed by atoms with van der Waals surface area (Å²) < 4.78 is 5.30. The summed E-state index contributed by atoms with van der Waals surface area (Å²) in [5.74, 6) is 0.576.